The molecule has 0 aliphatic carbocycles. The van der Waals surface area contributed by atoms with Crippen molar-refractivity contribution in [3.8, 4) is 0 Å². The quantitative estimate of drug-likeness (QED) is 0.893. The molecule has 1 aromatic rings. The zero-order valence-corrected chi connectivity index (χ0v) is 12.7. The number of fused-ring (bicyclic) bond motifs is 2. The molecule has 2 aliphatic heterocycles. The van der Waals surface area contributed by atoms with Gasteiger partial charge in [0.15, 0.2) is 0 Å². The third-order valence-electron chi connectivity index (χ3n) is 5.08. The number of hydrogen-bond donors (Lipinski definition) is 1. The first-order valence-corrected chi connectivity index (χ1v) is 7.95. The molecule has 2 bridgehead atoms. The fraction of sp³-hybridized carbons (Fsp3) is 0.750. The summed E-state index contributed by atoms with van der Waals surface area (Å²) in [7, 11) is 2.31. The molecular formula is C16H27N3O. The van der Waals surface area contributed by atoms with Crippen molar-refractivity contribution in [1.29, 1.82) is 0 Å². The van der Waals surface area contributed by atoms with Gasteiger partial charge in [-0.2, -0.15) is 0 Å². The van der Waals surface area contributed by atoms with E-state index in [1.54, 1.807) is 6.26 Å². The fourth-order valence-corrected chi connectivity index (χ4v) is 3.66. The van der Waals surface area contributed by atoms with Crippen molar-refractivity contribution in [3.63, 3.8) is 0 Å². The summed E-state index contributed by atoms with van der Waals surface area (Å²) in [6.45, 7) is 6.83. The monoisotopic (exact) mass is 277 g/mol. The van der Waals surface area contributed by atoms with E-state index in [-0.39, 0.29) is 0 Å². The van der Waals surface area contributed by atoms with Crippen LogP contribution in [-0.2, 0) is 0 Å². The predicted octanol–water partition coefficient (Wildman–Crippen LogP) is 2.10. The van der Waals surface area contributed by atoms with Crippen molar-refractivity contribution in [2.24, 2.45) is 0 Å². The molecule has 1 N–H and O–H groups in total. The van der Waals surface area contributed by atoms with Gasteiger partial charge in [-0.05, 0) is 51.9 Å². The molecule has 4 nitrogen and oxygen atoms in total. The van der Waals surface area contributed by atoms with Crippen molar-refractivity contribution < 1.29 is 4.42 Å². The minimum absolute atomic E-state index is 0.302. The normalized spacial score (nSPS) is 29.5. The van der Waals surface area contributed by atoms with Gasteiger partial charge in [0.05, 0.1) is 12.3 Å². The highest BCUT2D eigenvalue weighted by atomic mass is 16.3. The van der Waals surface area contributed by atoms with E-state index in [0.717, 1.165) is 30.9 Å². The Labute approximate surface area is 122 Å². The third-order valence-corrected chi connectivity index (χ3v) is 5.08. The molecule has 3 heterocycles. The number of hydrogen-bond acceptors (Lipinski definition) is 4. The zero-order valence-electron chi connectivity index (χ0n) is 12.7. The summed E-state index contributed by atoms with van der Waals surface area (Å²) >= 11 is 0. The smallest absolute Gasteiger partial charge is 0.120 e. The summed E-state index contributed by atoms with van der Waals surface area (Å²) in [4.78, 5) is 5.24. The van der Waals surface area contributed by atoms with E-state index in [1.807, 2.05) is 12.1 Å². The summed E-state index contributed by atoms with van der Waals surface area (Å²) in [5.41, 5.74) is 0. The van der Waals surface area contributed by atoms with Crippen molar-refractivity contribution in [2.45, 2.75) is 44.3 Å². The molecule has 2 fully saturated rings. The molecule has 0 radical (unpaired) electrons. The maximum Gasteiger partial charge on any atom is 0.120 e. The Balaban J connectivity index is 1.43. The molecule has 2 aliphatic rings. The molecule has 112 valence electrons. The van der Waals surface area contributed by atoms with Crippen molar-refractivity contribution in [2.75, 3.05) is 33.2 Å². The second-order valence-corrected chi connectivity index (χ2v) is 6.33. The minimum atomic E-state index is 0.302. The molecule has 20 heavy (non-hydrogen) atoms. The predicted molar refractivity (Wildman–Crippen MR) is 80.8 cm³/mol. The van der Waals surface area contributed by atoms with Crippen LogP contribution < -0.4 is 5.32 Å². The lowest BCUT2D eigenvalue weighted by Crippen LogP contribution is -2.39. The van der Waals surface area contributed by atoms with Gasteiger partial charge in [0.2, 0.25) is 0 Å². The van der Waals surface area contributed by atoms with E-state index < -0.39 is 0 Å². The first kappa shape index (κ1) is 14.1. The lowest BCUT2D eigenvalue weighted by Gasteiger charge is -2.26. The van der Waals surface area contributed by atoms with Crippen LogP contribution >= 0.6 is 0 Å². The SMILES string of the molecule is CC(NCCN1CCC2CCC(C1)N2C)c1ccco1. The summed E-state index contributed by atoms with van der Waals surface area (Å²) in [6.07, 6.45) is 5.87. The highest BCUT2D eigenvalue weighted by molar-refractivity contribution is 5.02. The van der Waals surface area contributed by atoms with E-state index in [1.165, 1.54) is 32.4 Å². The average molecular weight is 277 g/mol. The van der Waals surface area contributed by atoms with Gasteiger partial charge in [-0.25, -0.2) is 0 Å². The van der Waals surface area contributed by atoms with E-state index in [2.05, 4.69) is 29.1 Å². The van der Waals surface area contributed by atoms with Crippen LogP contribution in [0.5, 0.6) is 0 Å². The largest absolute Gasteiger partial charge is 0.468 e. The van der Waals surface area contributed by atoms with Crippen LogP contribution in [0.15, 0.2) is 22.8 Å². The van der Waals surface area contributed by atoms with Crippen LogP contribution in [0, 0.1) is 0 Å². The van der Waals surface area contributed by atoms with Gasteiger partial charge in [-0.1, -0.05) is 0 Å². The molecule has 3 atom stereocenters. The summed E-state index contributed by atoms with van der Waals surface area (Å²) in [6, 6.07) is 5.91. The Morgan fingerprint density at radius 3 is 3.00 bits per heavy atom. The average Bonchev–Trinajstić information content (AvgIpc) is 3.02. The number of rotatable bonds is 5. The van der Waals surface area contributed by atoms with Crippen LogP contribution in [0.25, 0.3) is 0 Å². The Kier molecular flexibility index (Phi) is 4.44. The van der Waals surface area contributed by atoms with Gasteiger partial charge < -0.3 is 14.6 Å². The van der Waals surface area contributed by atoms with Gasteiger partial charge in [0, 0.05) is 31.7 Å². The Morgan fingerprint density at radius 1 is 1.35 bits per heavy atom. The highest BCUT2D eigenvalue weighted by Crippen LogP contribution is 2.28. The molecule has 2 saturated heterocycles. The summed E-state index contributed by atoms with van der Waals surface area (Å²) in [5.74, 6) is 1.03. The van der Waals surface area contributed by atoms with Gasteiger partial charge in [0.1, 0.15) is 5.76 Å². The van der Waals surface area contributed by atoms with Crippen LogP contribution in [0.1, 0.15) is 38.0 Å². The fourth-order valence-electron chi connectivity index (χ4n) is 3.66. The van der Waals surface area contributed by atoms with Crippen LogP contribution in [-0.4, -0.2) is 55.1 Å². The number of furan rings is 1. The molecule has 0 amide bonds. The molecule has 3 unspecified atom stereocenters. The Bertz CT molecular complexity index is 406. The summed E-state index contributed by atoms with van der Waals surface area (Å²) < 4.78 is 5.43. The first-order valence-electron chi connectivity index (χ1n) is 7.95. The molecule has 4 heteroatoms. The van der Waals surface area contributed by atoms with Crippen LogP contribution in [0.2, 0.25) is 0 Å². The number of nitrogens with one attached hydrogen (secondary N) is 1. The standard InChI is InChI=1S/C16H27N3O/c1-13(16-4-3-11-20-16)17-8-10-19-9-7-14-5-6-15(12-19)18(14)2/h3-4,11,13-15,17H,5-10,12H2,1-2H3. The molecule has 3 rings (SSSR count). The molecule has 1 aromatic heterocycles. The number of nitrogens with zero attached hydrogens (tertiary/aromatic N) is 2. The van der Waals surface area contributed by atoms with E-state index >= 15 is 0 Å². The van der Waals surface area contributed by atoms with E-state index in [0.29, 0.717) is 6.04 Å². The lowest BCUT2D eigenvalue weighted by atomic mass is 10.1. The molecule has 0 saturated carbocycles. The highest BCUT2D eigenvalue weighted by Gasteiger charge is 2.34. The molecular weight excluding hydrogens is 250 g/mol. The van der Waals surface area contributed by atoms with Crippen LogP contribution in [0.3, 0.4) is 0 Å². The number of likely N-dealkylation sites (N-methyl/N-ethyl adjacent to an activating group) is 1. The maximum atomic E-state index is 5.43. The van der Waals surface area contributed by atoms with Crippen LogP contribution in [0.4, 0.5) is 0 Å². The Hall–Kier alpha value is -0.840. The minimum Gasteiger partial charge on any atom is -0.468 e. The van der Waals surface area contributed by atoms with E-state index in [4.69, 9.17) is 4.42 Å². The Morgan fingerprint density at radius 2 is 2.20 bits per heavy atom. The van der Waals surface area contributed by atoms with E-state index in [9.17, 15) is 0 Å². The third kappa shape index (κ3) is 3.08. The first-order chi connectivity index (χ1) is 9.74. The molecule has 0 aromatic carbocycles. The second-order valence-electron chi connectivity index (χ2n) is 6.33. The van der Waals surface area contributed by atoms with Gasteiger partial charge in [-0.15, -0.1) is 0 Å². The van der Waals surface area contributed by atoms with Gasteiger partial charge >= 0.3 is 0 Å². The van der Waals surface area contributed by atoms with Gasteiger partial charge in [-0.3, -0.25) is 4.90 Å². The second kappa shape index (κ2) is 6.29. The van der Waals surface area contributed by atoms with Gasteiger partial charge in [0.25, 0.3) is 0 Å². The summed E-state index contributed by atoms with van der Waals surface area (Å²) in [5, 5.41) is 3.56. The molecule has 0 spiro atoms. The topological polar surface area (TPSA) is 31.6 Å². The number of likely N-dealkylation sites (tertiary alicyclic amines) is 1. The van der Waals surface area contributed by atoms with Crippen molar-refractivity contribution in [3.05, 3.63) is 24.2 Å². The lowest BCUT2D eigenvalue weighted by molar-refractivity contribution is 0.217. The maximum absolute atomic E-state index is 5.43. The van der Waals surface area contributed by atoms with Crippen molar-refractivity contribution in [1.82, 2.24) is 15.1 Å². The van der Waals surface area contributed by atoms with Crippen molar-refractivity contribution >= 4 is 0 Å². The zero-order chi connectivity index (χ0) is 13.9.